The van der Waals surface area contributed by atoms with Gasteiger partial charge in [0.1, 0.15) is 11.4 Å². The number of carboxylic acid groups (broad SMARTS) is 1. The van der Waals surface area contributed by atoms with Crippen molar-refractivity contribution in [2.75, 3.05) is 13.2 Å². The van der Waals surface area contributed by atoms with Gasteiger partial charge in [-0.1, -0.05) is 41.4 Å². The van der Waals surface area contributed by atoms with Crippen LogP contribution in [0.25, 0.3) is 22.0 Å². The number of nitrogens with zero attached hydrogens (tertiary/aromatic N) is 4. The van der Waals surface area contributed by atoms with Gasteiger partial charge < -0.3 is 19.3 Å². The number of aryl methyl sites for hydroxylation is 5. The lowest BCUT2D eigenvalue weighted by Crippen LogP contribution is -2.40. The number of carbonyl (C=O) groups excluding carboxylic acids is 1. The highest BCUT2D eigenvalue weighted by Crippen LogP contribution is 2.43. The molecule has 3 aromatic carbocycles. The Morgan fingerprint density at radius 1 is 0.978 bits per heavy atom. The Kier molecular flexibility index (Phi) is 8.61. The molecule has 2 aromatic heterocycles. The molecule has 0 radical (unpaired) electrons. The predicted molar refractivity (Wildman–Crippen MR) is 182 cm³/mol. The summed E-state index contributed by atoms with van der Waals surface area (Å²) in [6.07, 6.45) is 1.32. The van der Waals surface area contributed by atoms with Gasteiger partial charge >= 0.3 is 5.97 Å². The molecule has 0 fully saturated rings. The van der Waals surface area contributed by atoms with E-state index in [1.807, 2.05) is 68.6 Å². The van der Waals surface area contributed by atoms with Gasteiger partial charge in [-0.25, -0.2) is 4.79 Å². The van der Waals surface area contributed by atoms with Crippen molar-refractivity contribution in [3.8, 4) is 16.9 Å². The number of ether oxygens (including phenoxy) is 1. The van der Waals surface area contributed by atoms with E-state index in [0.29, 0.717) is 49.8 Å². The topological polar surface area (TPSA) is 89.6 Å². The van der Waals surface area contributed by atoms with E-state index in [0.717, 1.165) is 66.4 Å². The van der Waals surface area contributed by atoms with Crippen molar-refractivity contribution in [2.24, 2.45) is 7.05 Å². The van der Waals surface area contributed by atoms with E-state index < -0.39 is 5.97 Å². The Bertz CT molecular complexity index is 1990. The van der Waals surface area contributed by atoms with Gasteiger partial charge in [0.25, 0.3) is 5.91 Å². The highest BCUT2D eigenvalue weighted by Gasteiger charge is 2.33. The number of aromatic carboxylic acids is 1. The van der Waals surface area contributed by atoms with Crippen LogP contribution in [0.4, 0.5) is 0 Å². The van der Waals surface area contributed by atoms with Gasteiger partial charge in [0.05, 0.1) is 28.4 Å². The lowest BCUT2D eigenvalue weighted by molar-refractivity contribution is 0.0682. The van der Waals surface area contributed by atoms with Gasteiger partial charge in [0, 0.05) is 53.9 Å². The fraction of sp³-hybridized carbons (Fsp3) is 0.306. The summed E-state index contributed by atoms with van der Waals surface area (Å²) in [5.74, 6) is -0.268. The Labute approximate surface area is 278 Å². The van der Waals surface area contributed by atoms with E-state index >= 15 is 0 Å². The summed E-state index contributed by atoms with van der Waals surface area (Å²) in [4.78, 5) is 27.5. The van der Waals surface area contributed by atoms with Gasteiger partial charge in [-0.2, -0.15) is 5.10 Å². The molecule has 238 valence electrons. The largest absolute Gasteiger partial charge is 0.494 e. The molecule has 5 aromatic rings. The molecule has 3 heterocycles. The molecule has 0 unspecified atom stereocenters. The lowest BCUT2D eigenvalue weighted by atomic mass is 9.98. The third-order valence-corrected chi connectivity index (χ3v) is 9.86. The minimum atomic E-state index is -0.978. The highest BCUT2D eigenvalue weighted by atomic mass is 35.5. The minimum absolute atomic E-state index is 0.0636. The average Bonchev–Trinajstić information content (AvgIpc) is 3.47. The Balaban J connectivity index is 1.39. The van der Waals surface area contributed by atoms with Crippen molar-refractivity contribution in [3.63, 3.8) is 0 Å². The minimum Gasteiger partial charge on any atom is -0.494 e. The Hall–Kier alpha value is -4.27. The normalized spacial score (nSPS) is 13.0. The molecule has 0 saturated heterocycles. The van der Waals surface area contributed by atoms with Crippen molar-refractivity contribution in [2.45, 2.75) is 53.6 Å². The van der Waals surface area contributed by atoms with Crippen LogP contribution in [0.15, 0.2) is 48.5 Å². The number of benzene rings is 3. The number of hydrogen-bond acceptors (Lipinski definition) is 4. The summed E-state index contributed by atoms with van der Waals surface area (Å²) >= 11 is 13.3. The van der Waals surface area contributed by atoms with Crippen LogP contribution in [0.5, 0.6) is 5.75 Å². The molecule has 1 amide bonds. The number of rotatable bonds is 9. The zero-order chi connectivity index (χ0) is 32.9. The van der Waals surface area contributed by atoms with Crippen LogP contribution in [-0.2, 0) is 26.6 Å². The smallest absolute Gasteiger partial charge is 0.335 e. The van der Waals surface area contributed by atoms with Gasteiger partial charge in [-0.3, -0.25) is 9.48 Å². The van der Waals surface area contributed by atoms with E-state index in [1.54, 1.807) is 24.3 Å². The summed E-state index contributed by atoms with van der Waals surface area (Å²) in [6.45, 7) is 9.90. The van der Waals surface area contributed by atoms with Gasteiger partial charge in [0.2, 0.25) is 0 Å². The summed E-state index contributed by atoms with van der Waals surface area (Å²) < 4.78 is 10.1. The van der Waals surface area contributed by atoms with E-state index in [4.69, 9.17) is 27.9 Å². The van der Waals surface area contributed by atoms with Crippen molar-refractivity contribution in [3.05, 3.63) is 103 Å². The van der Waals surface area contributed by atoms with E-state index in [2.05, 4.69) is 9.67 Å². The second-order valence-corrected chi connectivity index (χ2v) is 12.8. The third kappa shape index (κ3) is 5.65. The maximum atomic E-state index is 14.3. The maximum absolute atomic E-state index is 14.3. The summed E-state index contributed by atoms with van der Waals surface area (Å²) in [6, 6.07) is 14.5. The quantitative estimate of drug-likeness (QED) is 0.162. The standard InChI is InChI=1S/C36H36Cl2N4O4/c1-20-17-26(18-21(2)32(20)38)46-16-6-7-27-28-12-13-29(37)31(30-22(3)39-40(5)23(30)4)33(28)42-15-14-41(35(43)34(27)42)19-24-8-10-25(11-9-24)36(44)45/h8-13,17-18H,6-7,14-16,19H2,1-5H3,(H,44,45). The first kappa shape index (κ1) is 31.7. The van der Waals surface area contributed by atoms with Crippen LogP contribution in [0.2, 0.25) is 10.0 Å². The van der Waals surface area contributed by atoms with E-state index in [1.165, 1.54) is 0 Å². The molecule has 10 heteroatoms. The van der Waals surface area contributed by atoms with Crippen molar-refractivity contribution in [1.29, 1.82) is 0 Å². The average molecular weight is 660 g/mol. The van der Waals surface area contributed by atoms with Crippen LogP contribution in [-0.4, -0.2) is 49.4 Å². The molecule has 1 aliphatic rings. The van der Waals surface area contributed by atoms with Crippen molar-refractivity contribution < 1.29 is 19.4 Å². The molecular formula is C36H36Cl2N4O4. The van der Waals surface area contributed by atoms with Crippen molar-refractivity contribution in [1.82, 2.24) is 19.2 Å². The fourth-order valence-electron chi connectivity index (χ4n) is 6.61. The first-order valence-corrected chi connectivity index (χ1v) is 16.1. The first-order chi connectivity index (χ1) is 22.0. The number of fused-ring (bicyclic) bond motifs is 3. The number of halogens is 2. The van der Waals surface area contributed by atoms with Gasteiger partial charge in [-0.05, 0) is 93.1 Å². The molecule has 6 rings (SSSR count). The SMILES string of the molecule is Cc1cc(OCCCc2c3n(c4c(-c5c(C)nn(C)c5C)c(Cl)ccc24)CCN(Cc2ccc(C(=O)O)cc2)C3=O)cc(C)c1Cl. The Morgan fingerprint density at radius 3 is 2.30 bits per heavy atom. The zero-order valence-corrected chi connectivity index (χ0v) is 28.1. The monoisotopic (exact) mass is 658 g/mol. The van der Waals surface area contributed by atoms with Crippen LogP contribution in [0.3, 0.4) is 0 Å². The molecule has 46 heavy (non-hydrogen) atoms. The van der Waals surface area contributed by atoms with Gasteiger partial charge in [0.15, 0.2) is 0 Å². The predicted octanol–water partition coefficient (Wildman–Crippen LogP) is 7.95. The number of carbonyl (C=O) groups is 2. The molecule has 8 nitrogen and oxygen atoms in total. The molecule has 1 aliphatic heterocycles. The molecule has 1 N–H and O–H groups in total. The molecule has 0 aliphatic carbocycles. The summed E-state index contributed by atoms with van der Waals surface area (Å²) in [5.41, 5.74) is 9.35. The number of aromatic nitrogens is 3. The second-order valence-electron chi connectivity index (χ2n) is 12.0. The molecule has 0 spiro atoms. The molecule has 0 atom stereocenters. The number of carboxylic acids is 1. The fourth-order valence-corrected chi connectivity index (χ4v) is 6.97. The zero-order valence-electron chi connectivity index (χ0n) is 26.6. The molecule has 0 bridgehead atoms. The molecule has 0 saturated carbocycles. The first-order valence-electron chi connectivity index (χ1n) is 15.3. The maximum Gasteiger partial charge on any atom is 0.335 e. The van der Waals surface area contributed by atoms with Gasteiger partial charge in [-0.15, -0.1) is 0 Å². The Morgan fingerprint density at radius 2 is 1.67 bits per heavy atom. The van der Waals surface area contributed by atoms with E-state index in [9.17, 15) is 14.7 Å². The lowest BCUT2D eigenvalue weighted by Gasteiger charge is -2.30. The van der Waals surface area contributed by atoms with Crippen LogP contribution in [0, 0.1) is 27.7 Å². The number of hydrogen-bond donors (Lipinski definition) is 1. The van der Waals surface area contributed by atoms with E-state index in [-0.39, 0.29) is 11.5 Å². The summed E-state index contributed by atoms with van der Waals surface area (Å²) in [7, 11) is 1.92. The van der Waals surface area contributed by atoms with Crippen LogP contribution in [0.1, 0.15) is 60.9 Å². The van der Waals surface area contributed by atoms with Crippen LogP contribution < -0.4 is 4.74 Å². The highest BCUT2D eigenvalue weighted by molar-refractivity contribution is 6.35. The van der Waals surface area contributed by atoms with Crippen molar-refractivity contribution >= 4 is 46.0 Å². The molecular weight excluding hydrogens is 623 g/mol. The summed E-state index contributed by atoms with van der Waals surface area (Å²) in [5, 5.41) is 16.3. The number of amides is 1. The van der Waals surface area contributed by atoms with Crippen LogP contribution >= 0.6 is 23.2 Å². The third-order valence-electron chi connectivity index (χ3n) is 8.94. The second kappa shape index (κ2) is 12.5.